The maximum absolute atomic E-state index is 9.37. The van der Waals surface area contributed by atoms with Crippen LogP contribution in [0.3, 0.4) is 0 Å². The lowest BCUT2D eigenvalue weighted by Gasteiger charge is -2.09. The maximum atomic E-state index is 9.37. The van der Waals surface area contributed by atoms with Gasteiger partial charge in [-0.1, -0.05) is 58.0 Å². The van der Waals surface area contributed by atoms with E-state index in [4.69, 9.17) is 5.41 Å². The zero-order valence-corrected chi connectivity index (χ0v) is 15.1. The Hall–Kier alpha value is -2.09. The summed E-state index contributed by atoms with van der Waals surface area (Å²) >= 11 is 0. The molecule has 0 aromatic heterocycles. The average Bonchev–Trinajstić information content (AvgIpc) is 2.51. The number of aromatic hydroxyl groups is 1. The lowest BCUT2D eigenvalue weighted by molar-refractivity contribution is 0.470. The monoisotopic (exact) mass is 311 g/mol. The van der Waals surface area contributed by atoms with Crippen molar-refractivity contribution in [1.82, 2.24) is 0 Å². The van der Waals surface area contributed by atoms with Gasteiger partial charge in [0.1, 0.15) is 5.75 Å². The summed E-state index contributed by atoms with van der Waals surface area (Å²) in [5.74, 6) is 1.50. The first-order valence-electron chi connectivity index (χ1n) is 8.16. The number of hydrogen-bond donors (Lipinski definition) is 2. The Morgan fingerprint density at radius 3 is 1.87 bits per heavy atom. The van der Waals surface area contributed by atoms with Gasteiger partial charge in [0, 0.05) is 11.8 Å². The minimum Gasteiger partial charge on any atom is -0.507 e. The molecule has 0 unspecified atom stereocenters. The predicted octanol–water partition coefficient (Wildman–Crippen LogP) is 5.94. The lowest BCUT2D eigenvalue weighted by Crippen LogP contribution is -1.91. The average molecular weight is 311 g/mol. The molecule has 0 amide bonds. The summed E-state index contributed by atoms with van der Waals surface area (Å²) in [6.07, 6.45) is 1.16. The van der Waals surface area contributed by atoms with Crippen molar-refractivity contribution in [3.63, 3.8) is 0 Å². The molecule has 0 bridgehead atoms. The van der Waals surface area contributed by atoms with Crippen LogP contribution < -0.4 is 0 Å². The molecule has 0 saturated heterocycles. The Labute approximate surface area is 140 Å². The van der Waals surface area contributed by atoms with Gasteiger partial charge in [0.2, 0.25) is 0 Å². The number of nitrogens with one attached hydrogen (secondary N) is 1. The van der Waals surface area contributed by atoms with Gasteiger partial charge in [0.15, 0.2) is 0 Å². The molecule has 0 aliphatic rings. The van der Waals surface area contributed by atoms with Gasteiger partial charge in [-0.25, -0.2) is 0 Å². The molecule has 0 aliphatic carbocycles. The third kappa shape index (κ3) is 5.55. The van der Waals surface area contributed by atoms with Gasteiger partial charge in [-0.05, 0) is 54.0 Å². The molecule has 0 atom stereocenters. The molecule has 124 valence electrons. The number of aryl methyl sites for hydroxylation is 2. The van der Waals surface area contributed by atoms with Crippen molar-refractivity contribution in [2.75, 3.05) is 0 Å². The molecule has 0 radical (unpaired) electrons. The molecule has 23 heavy (non-hydrogen) atoms. The van der Waals surface area contributed by atoms with Crippen molar-refractivity contribution in [2.45, 2.75) is 53.4 Å². The summed E-state index contributed by atoms with van der Waals surface area (Å²) in [6, 6.07) is 12.6. The zero-order chi connectivity index (χ0) is 17.6. The van der Waals surface area contributed by atoms with E-state index in [9.17, 15) is 5.11 Å². The highest BCUT2D eigenvalue weighted by molar-refractivity contribution is 5.82. The number of benzene rings is 2. The molecular formula is C21H29NO. The Bertz CT molecular complexity index is 634. The highest BCUT2D eigenvalue weighted by Crippen LogP contribution is 2.22. The zero-order valence-electron chi connectivity index (χ0n) is 15.1. The van der Waals surface area contributed by atoms with Crippen LogP contribution in [0.1, 0.15) is 67.3 Å². The molecule has 2 aromatic rings. The van der Waals surface area contributed by atoms with Crippen LogP contribution in [-0.2, 0) is 0 Å². The van der Waals surface area contributed by atoms with Crippen molar-refractivity contribution >= 4 is 6.21 Å². The van der Waals surface area contributed by atoms with Crippen molar-refractivity contribution in [1.29, 1.82) is 5.41 Å². The summed E-state index contributed by atoms with van der Waals surface area (Å²) in [7, 11) is 0. The van der Waals surface area contributed by atoms with E-state index in [2.05, 4.69) is 52.0 Å². The van der Waals surface area contributed by atoms with Gasteiger partial charge in [0.05, 0.1) is 0 Å². The smallest absolute Gasteiger partial charge is 0.127 e. The first kappa shape index (κ1) is 19.0. The molecule has 2 heteroatoms. The van der Waals surface area contributed by atoms with Crippen LogP contribution in [0.5, 0.6) is 5.75 Å². The number of rotatable bonds is 3. The Balaban J connectivity index is 0.000000231. The Morgan fingerprint density at radius 1 is 0.913 bits per heavy atom. The Kier molecular flexibility index (Phi) is 7.02. The fourth-order valence-corrected chi connectivity index (χ4v) is 2.38. The van der Waals surface area contributed by atoms with E-state index in [1.807, 2.05) is 19.9 Å². The molecular weight excluding hydrogens is 282 g/mol. The van der Waals surface area contributed by atoms with Crippen LogP contribution in [0.15, 0.2) is 36.4 Å². The van der Waals surface area contributed by atoms with Crippen LogP contribution in [-0.4, -0.2) is 11.3 Å². The van der Waals surface area contributed by atoms with Crippen LogP contribution in [0.2, 0.25) is 0 Å². The molecule has 0 fully saturated rings. The van der Waals surface area contributed by atoms with Crippen LogP contribution in [0, 0.1) is 19.3 Å². The first-order valence-corrected chi connectivity index (χ1v) is 8.16. The number of hydrogen-bond acceptors (Lipinski definition) is 2. The Morgan fingerprint density at radius 2 is 1.43 bits per heavy atom. The molecule has 2 rings (SSSR count). The minimum absolute atomic E-state index is 0.214. The van der Waals surface area contributed by atoms with Gasteiger partial charge < -0.3 is 10.5 Å². The second-order valence-corrected chi connectivity index (χ2v) is 6.64. The number of phenols is 1. The van der Waals surface area contributed by atoms with E-state index >= 15 is 0 Å². The second-order valence-electron chi connectivity index (χ2n) is 6.64. The van der Waals surface area contributed by atoms with E-state index < -0.39 is 0 Å². The van der Waals surface area contributed by atoms with Crippen molar-refractivity contribution in [3.05, 3.63) is 64.2 Å². The van der Waals surface area contributed by atoms with Gasteiger partial charge in [0.25, 0.3) is 0 Å². The van der Waals surface area contributed by atoms with E-state index in [-0.39, 0.29) is 5.75 Å². The summed E-state index contributed by atoms with van der Waals surface area (Å²) in [5.41, 5.74) is 5.37. The summed E-state index contributed by atoms with van der Waals surface area (Å²) in [5, 5.41) is 16.4. The highest BCUT2D eigenvalue weighted by atomic mass is 16.3. The fraction of sp³-hybridized carbons (Fsp3) is 0.381. The quantitative estimate of drug-likeness (QED) is 0.677. The fourth-order valence-electron chi connectivity index (χ4n) is 2.38. The largest absolute Gasteiger partial charge is 0.507 e. The molecule has 2 N–H and O–H groups in total. The molecule has 0 spiro atoms. The van der Waals surface area contributed by atoms with Gasteiger partial charge >= 0.3 is 0 Å². The van der Waals surface area contributed by atoms with E-state index in [0.717, 1.165) is 17.3 Å². The van der Waals surface area contributed by atoms with E-state index in [1.165, 1.54) is 11.1 Å². The second kappa shape index (κ2) is 8.52. The van der Waals surface area contributed by atoms with Crippen LogP contribution >= 0.6 is 0 Å². The van der Waals surface area contributed by atoms with Gasteiger partial charge in [-0.3, -0.25) is 0 Å². The van der Waals surface area contributed by atoms with Crippen LogP contribution in [0.4, 0.5) is 0 Å². The van der Waals surface area contributed by atoms with Crippen molar-refractivity contribution in [2.24, 2.45) is 0 Å². The summed E-state index contributed by atoms with van der Waals surface area (Å²) in [6.45, 7) is 12.7. The van der Waals surface area contributed by atoms with Gasteiger partial charge in [-0.15, -0.1) is 0 Å². The molecule has 0 saturated carbocycles. The lowest BCUT2D eigenvalue weighted by atomic mass is 9.96. The van der Waals surface area contributed by atoms with Crippen molar-refractivity contribution in [3.8, 4) is 5.75 Å². The summed E-state index contributed by atoms with van der Waals surface area (Å²) in [4.78, 5) is 0. The third-order valence-corrected chi connectivity index (χ3v) is 3.87. The molecule has 0 heterocycles. The molecule has 0 aliphatic heterocycles. The first-order chi connectivity index (χ1) is 10.8. The minimum atomic E-state index is 0.214. The highest BCUT2D eigenvalue weighted by Gasteiger charge is 2.02. The SMILES string of the molecule is CC(C)c1cccc(C(C)C)c1.Cc1cc(C)c(O)c(C=N)c1. The van der Waals surface area contributed by atoms with E-state index in [1.54, 1.807) is 6.07 Å². The maximum Gasteiger partial charge on any atom is 0.127 e. The van der Waals surface area contributed by atoms with Gasteiger partial charge in [-0.2, -0.15) is 0 Å². The predicted molar refractivity (Wildman–Crippen MR) is 100 cm³/mol. The molecule has 2 nitrogen and oxygen atoms in total. The number of phenolic OH excluding ortho intramolecular Hbond substituents is 1. The standard InChI is InChI=1S/C12H18.C9H11NO/c1-9(2)11-6-5-7-12(8-11)10(3)4;1-6-3-7(2)9(11)8(4-6)5-10/h5-10H,1-4H3;3-5,10-11H,1-2H3. The third-order valence-electron chi connectivity index (χ3n) is 3.87. The van der Waals surface area contributed by atoms with Crippen LogP contribution in [0.25, 0.3) is 0 Å². The molecule has 2 aromatic carbocycles. The summed E-state index contributed by atoms with van der Waals surface area (Å²) < 4.78 is 0. The normalized spacial score (nSPS) is 10.4. The topological polar surface area (TPSA) is 44.1 Å². The van der Waals surface area contributed by atoms with Crippen molar-refractivity contribution < 1.29 is 5.11 Å². The van der Waals surface area contributed by atoms with E-state index in [0.29, 0.717) is 17.4 Å².